The largest absolute Gasteiger partial charge is 0.464 e. The first-order valence-corrected chi connectivity index (χ1v) is 11.3. The van der Waals surface area contributed by atoms with Crippen molar-refractivity contribution >= 4 is 40.0 Å². The first kappa shape index (κ1) is 22.2. The topological polar surface area (TPSA) is 91.5 Å². The maximum atomic E-state index is 13.9. The number of fused-ring (bicyclic) bond motifs is 1. The number of amides is 1. The highest BCUT2D eigenvalue weighted by Crippen LogP contribution is 2.27. The van der Waals surface area contributed by atoms with Gasteiger partial charge in [-0.3, -0.25) is 15.2 Å². The number of ether oxygens (including phenoxy) is 1. The van der Waals surface area contributed by atoms with Crippen LogP contribution in [0.3, 0.4) is 0 Å². The van der Waals surface area contributed by atoms with Crippen LogP contribution >= 0.6 is 11.8 Å². The van der Waals surface area contributed by atoms with Crippen LogP contribution in [0.5, 0.6) is 0 Å². The molecule has 1 aliphatic heterocycles. The summed E-state index contributed by atoms with van der Waals surface area (Å²) in [6, 6.07) is 8.91. The number of furan rings is 1. The predicted molar refractivity (Wildman–Crippen MR) is 120 cm³/mol. The van der Waals surface area contributed by atoms with E-state index in [0.717, 1.165) is 10.3 Å². The van der Waals surface area contributed by atoms with Gasteiger partial charge in [-0.2, -0.15) is 0 Å². The number of thioether (sulfide) groups is 1. The van der Waals surface area contributed by atoms with Crippen molar-refractivity contribution in [3.05, 3.63) is 59.6 Å². The molecule has 1 aromatic carbocycles. The molecule has 2 aromatic heterocycles. The Morgan fingerprint density at radius 3 is 2.97 bits per heavy atom. The Hall–Kier alpha value is -2.98. The number of nitrogens with one attached hydrogen (secondary N) is 2. The molecule has 168 valence electrons. The summed E-state index contributed by atoms with van der Waals surface area (Å²) in [5, 5.41) is 12.7. The smallest absolute Gasteiger partial charge is 0.288 e. The van der Waals surface area contributed by atoms with Gasteiger partial charge < -0.3 is 19.4 Å². The Labute approximate surface area is 187 Å². The van der Waals surface area contributed by atoms with Crippen molar-refractivity contribution in [2.45, 2.75) is 5.92 Å². The van der Waals surface area contributed by atoms with Crippen molar-refractivity contribution in [3.63, 3.8) is 0 Å². The molecule has 3 aromatic rings. The second kappa shape index (κ2) is 9.25. The van der Waals surface area contributed by atoms with Crippen molar-refractivity contribution in [1.29, 1.82) is 5.41 Å². The molecule has 1 fully saturated rings. The quantitative estimate of drug-likeness (QED) is 0.425. The molecule has 0 radical (unpaired) electrons. The molecule has 7 nitrogen and oxygen atoms in total. The van der Waals surface area contributed by atoms with Crippen LogP contribution in [0, 0.1) is 5.41 Å². The highest BCUT2D eigenvalue weighted by atomic mass is 32.2. The molecule has 1 saturated heterocycles. The zero-order valence-corrected chi connectivity index (χ0v) is 18.2. The number of nitrogens with zero attached hydrogens (tertiary/aromatic N) is 2. The van der Waals surface area contributed by atoms with Gasteiger partial charge in [0.25, 0.3) is 11.8 Å². The van der Waals surface area contributed by atoms with E-state index in [9.17, 15) is 13.6 Å². The van der Waals surface area contributed by atoms with Crippen molar-refractivity contribution in [1.82, 2.24) is 9.88 Å². The van der Waals surface area contributed by atoms with E-state index in [0.29, 0.717) is 28.3 Å². The molecule has 0 atom stereocenters. The summed E-state index contributed by atoms with van der Waals surface area (Å²) in [5.41, 5.74) is 2.46. The summed E-state index contributed by atoms with van der Waals surface area (Å²) in [4.78, 5) is 18.2. The number of halogens is 2. The highest BCUT2D eigenvalue weighted by Gasteiger charge is 2.37. The fraction of sp³-hybridized carbons (Fsp3) is 0.318. The molecule has 32 heavy (non-hydrogen) atoms. The lowest BCUT2D eigenvalue weighted by Crippen LogP contribution is -2.41. The van der Waals surface area contributed by atoms with Gasteiger partial charge in [0.05, 0.1) is 24.7 Å². The molecule has 0 unspecified atom stereocenters. The van der Waals surface area contributed by atoms with Gasteiger partial charge >= 0.3 is 0 Å². The summed E-state index contributed by atoms with van der Waals surface area (Å²) in [6.45, 7) is -1.34. The number of benzene rings is 1. The summed E-state index contributed by atoms with van der Waals surface area (Å²) >= 11 is 1.53. The molecule has 4 rings (SSSR count). The summed E-state index contributed by atoms with van der Waals surface area (Å²) in [5.74, 6) is -3.19. The first-order chi connectivity index (χ1) is 15.4. The number of aromatic nitrogens is 1. The van der Waals surface area contributed by atoms with Crippen LogP contribution < -0.4 is 5.32 Å². The summed E-state index contributed by atoms with van der Waals surface area (Å²) in [7, 11) is 0. The number of pyridine rings is 1. The number of hydrogen-bond acceptors (Lipinski definition) is 7. The number of rotatable bonds is 6. The van der Waals surface area contributed by atoms with Crippen LogP contribution in [-0.2, 0) is 4.74 Å². The van der Waals surface area contributed by atoms with Crippen LogP contribution in [0.4, 0.5) is 14.5 Å². The minimum atomic E-state index is -3.11. The number of hydrogen-bond donors (Lipinski definition) is 2. The highest BCUT2D eigenvalue weighted by molar-refractivity contribution is 7.98. The van der Waals surface area contributed by atoms with Gasteiger partial charge in [-0.25, -0.2) is 8.78 Å². The van der Waals surface area contributed by atoms with Gasteiger partial charge in [0, 0.05) is 34.9 Å². The van der Waals surface area contributed by atoms with Crippen molar-refractivity contribution in [2.24, 2.45) is 0 Å². The Morgan fingerprint density at radius 2 is 2.16 bits per heavy atom. The molecule has 2 N–H and O–H groups in total. The van der Waals surface area contributed by atoms with Crippen LogP contribution in [0.2, 0.25) is 0 Å². The Balaban J connectivity index is 1.67. The molecule has 3 heterocycles. The van der Waals surface area contributed by atoms with Crippen LogP contribution in [0.15, 0.2) is 47.2 Å². The monoisotopic (exact) mass is 460 g/mol. The third-order valence-corrected chi connectivity index (χ3v) is 5.51. The fourth-order valence-corrected chi connectivity index (χ4v) is 3.82. The third kappa shape index (κ3) is 4.61. The van der Waals surface area contributed by atoms with Crippen LogP contribution in [0.25, 0.3) is 11.0 Å². The summed E-state index contributed by atoms with van der Waals surface area (Å²) in [6.07, 6.45) is 4.85. The third-order valence-electron chi connectivity index (χ3n) is 5.08. The van der Waals surface area contributed by atoms with Crippen molar-refractivity contribution in [2.75, 3.05) is 43.8 Å². The van der Waals surface area contributed by atoms with Gasteiger partial charge in [0.15, 0.2) is 0 Å². The molecular weight excluding hydrogens is 438 g/mol. The van der Waals surface area contributed by atoms with Crippen LogP contribution in [0.1, 0.15) is 21.6 Å². The molecule has 0 aliphatic carbocycles. The second-order valence-corrected chi connectivity index (χ2v) is 8.25. The number of para-hydroxylation sites is 1. The lowest BCUT2D eigenvalue weighted by atomic mass is 10.0. The van der Waals surface area contributed by atoms with E-state index in [2.05, 4.69) is 10.3 Å². The zero-order chi connectivity index (χ0) is 22.7. The standard InChI is InChI=1S/C22H22F2N4O3S/c1-32-13-27-17-8-18(21(29)28-6-7-30-12-22(23,24)11-28)26-9-15(17)20(25)16-10-31-19-5-3-2-4-14(16)19/h2-5,8-10,25H,6-7,11-13H2,1H3,(H,26,27). The van der Waals surface area contributed by atoms with Crippen molar-refractivity contribution in [3.8, 4) is 0 Å². The van der Waals surface area contributed by atoms with Gasteiger partial charge in [0.1, 0.15) is 24.1 Å². The van der Waals surface area contributed by atoms with Gasteiger partial charge in [0.2, 0.25) is 0 Å². The van der Waals surface area contributed by atoms with E-state index < -0.39 is 25.0 Å². The normalized spacial score (nSPS) is 16.0. The average molecular weight is 461 g/mol. The maximum absolute atomic E-state index is 13.9. The van der Waals surface area contributed by atoms with E-state index in [1.54, 1.807) is 0 Å². The Morgan fingerprint density at radius 1 is 1.34 bits per heavy atom. The van der Waals surface area contributed by atoms with Gasteiger partial charge in [-0.1, -0.05) is 18.2 Å². The zero-order valence-electron chi connectivity index (χ0n) is 17.4. The van der Waals surface area contributed by atoms with Gasteiger partial charge in [-0.05, 0) is 18.4 Å². The fourth-order valence-electron chi connectivity index (χ4n) is 3.52. The van der Waals surface area contributed by atoms with Crippen LogP contribution in [-0.4, -0.2) is 65.9 Å². The van der Waals surface area contributed by atoms with Gasteiger partial charge in [-0.15, -0.1) is 11.8 Å². The van der Waals surface area contributed by atoms with E-state index in [-0.39, 0.29) is 24.6 Å². The Kier molecular flexibility index (Phi) is 6.43. The number of carbonyl (C=O) groups excluding carboxylic acids is 1. The number of alkyl halides is 2. The average Bonchev–Trinajstić information content (AvgIpc) is 3.13. The number of carbonyl (C=O) groups is 1. The molecule has 0 spiro atoms. The van der Waals surface area contributed by atoms with E-state index in [4.69, 9.17) is 14.6 Å². The summed E-state index contributed by atoms with van der Waals surface area (Å²) < 4.78 is 38.3. The lowest BCUT2D eigenvalue weighted by molar-refractivity contribution is -0.0661. The molecule has 1 amide bonds. The van der Waals surface area contributed by atoms with E-state index >= 15 is 0 Å². The first-order valence-electron chi connectivity index (χ1n) is 9.93. The molecular formula is C22H22F2N4O3S. The minimum Gasteiger partial charge on any atom is -0.464 e. The minimum absolute atomic E-state index is 0.0277. The Bertz CT molecular complexity index is 1150. The van der Waals surface area contributed by atoms with Crippen molar-refractivity contribution < 1.29 is 22.7 Å². The number of anilines is 1. The maximum Gasteiger partial charge on any atom is 0.288 e. The molecule has 0 saturated carbocycles. The molecule has 0 bridgehead atoms. The SMILES string of the molecule is CSCNc1cc(C(=O)N2CCOCC(F)(F)C2)ncc1C(=N)c1coc2ccccc12. The lowest BCUT2D eigenvalue weighted by Gasteiger charge is -2.23. The predicted octanol–water partition coefficient (Wildman–Crippen LogP) is 4.08. The molecule has 10 heteroatoms. The van der Waals surface area contributed by atoms with E-state index in [1.165, 1.54) is 30.3 Å². The molecule has 1 aliphatic rings. The second-order valence-electron chi connectivity index (χ2n) is 7.38. The van der Waals surface area contributed by atoms with E-state index in [1.807, 2.05) is 30.5 Å².